The van der Waals surface area contributed by atoms with Crippen LogP contribution >= 0.6 is 12.2 Å². The van der Waals surface area contributed by atoms with Gasteiger partial charge in [0.1, 0.15) is 6.04 Å². The van der Waals surface area contributed by atoms with Gasteiger partial charge in [-0.3, -0.25) is 9.78 Å². The van der Waals surface area contributed by atoms with Crippen LogP contribution in [-0.2, 0) is 4.79 Å². The summed E-state index contributed by atoms with van der Waals surface area (Å²) in [6.07, 6.45) is 3.93. The number of rotatable bonds is 6. The molecule has 0 saturated carbocycles. The molecule has 3 aromatic rings. The summed E-state index contributed by atoms with van der Waals surface area (Å²) < 4.78 is 2.29. The molecule has 0 bridgehead atoms. The molecule has 1 aliphatic heterocycles. The van der Waals surface area contributed by atoms with E-state index in [0.29, 0.717) is 11.2 Å². The molecule has 1 fully saturated rings. The van der Waals surface area contributed by atoms with Gasteiger partial charge in [-0.05, 0) is 81.0 Å². The number of pyridine rings is 1. The highest BCUT2D eigenvalue weighted by Crippen LogP contribution is 2.42. The number of nitrogens with zero attached hydrogens (tertiary/aromatic N) is 3. The minimum atomic E-state index is -0.0910. The van der Waals surface area contributed by atoms with Gasteiger partial charge in [-0.1, -0.05) is 19.9 Å². The summed E-state index contributed by atoms with van der Waals surface area (Å²) in [5, 5.41) is 7.19. The lowest BCUT2D eigenvalue weighted by atomic mass is 10.00. The van der Waals surface area contributed by atoms with Gasteiger partial charge in [-0.25, -0.2) is 0 Å². The Morgan fingerprint density at radius 1 is 1.12 bits per heavy atom. The van der Waals surface area contributed by atoms with Crippen molar-refractivity contribution in [3.63, 3.8) is 0 Å². The molecule has 2 N–H and O–H groups in total. The van der Waals surface area contributed by atoms with Crippen LogP contribution < -0.4 is 15.5 Å². The van der Waals surface area contributed by atoms with Crippen molar-refractivity contribution in [1.82, 2.24) is 14.9 Å². The number of carbonyl (C=O) groups is 1. The lowest BCUT2D eigenvalue weighted by molar-refractivity contribution is -0.118. The van der Waals surface area contributed by atoms with E-state index in [4.69, 9.17) is 12.2 Å². The molecule has 172 valence electrons. The molecule has 1 amide bonds. The van der Waals surface area contributed by atoms with Gasteiger partial charge in [0.2, 0.25) is 5.91 Å². The van der Waals surface area contributed by atoms with Gasteiger partial charge in [0.05, 0.1) is 11.7 Å². The van der Waals surface area contributed by atoms with Crippen molar-refractivity contribution >= 4 is 34.6 Å². The molecule has 33 heavy (non-hydrogen) atoms. The molecule has 1 saturated heterocycles. The van der Waals surface area contributed by atoms with E-state index in [2.05, 4.69) is 63.3 Å². The number of thiocarbonyl (C=S) groups is 1. The van der Waals surface area contributed by atoms with E-state index in [1.54, 1.807) is 0 Å². The summed E-state index contributed by atoms with van der Waals surface area (Å²) in [6.45, 7) is 10.1. The number of benzene rings is 1. The van der Waals surface area contributed by atoms with Crippen molar-refractivity contribution in [1.29, 1.82) is 0 Å². The predicted molar refractivity (Wildman–Crippen MR) is 137 cm³/mol. The molecule has 0 spiro atoms. The number of aryl methyl sites for hydroxylation is 1. The molecule has 1 aromatic carbocycles. The second-order valence-corrected chi connectivity index (χ2v) is 9.46. The largest absolute Gasteiger partial charge is 0.351 e. The molecule has 0 aliphatic carbocycles. The second-order valence-electron chi connectivity index (χ2n) is 9.07. The minimum Gasteiger partial charge on any atom is -0.351 e. The van der Waals surface area contributed by atoms with Crippen LogP contribution in [0.4, 0.5) is 11.4 Å². The van der Waals surface area contributed by atoms with Crippen molar-refractivity contribution in [2.75, 3.05) is 10.2 Å². The number of nitrogens with one attached hydrogen (secondary N) is 2. The van der Waals surface area contributed by atoms with E-state index in [-0.39, 0.29) is 23.9 Å². The summed E-state index contributed by atoms with van der Waals surface area (Å²) in [5.41, 5.74) is 4.90. The van der Waals surface area contributed by atoms with E-state index < -0.39 is 0 Å². The summed E-state index contributed by atoms with van der Waals surface area (Å²) in [6, 6.07) is 16.4. The van der Waals surface area contributed by atoms with Gasteiger partial charge in [-0.2, -0.15) is 0 Å². The number of amides is 1. The fourth-order valence-corrected chi connectivity index (χ4v) is 4.62. The normalized spacial score (nSPS) is 18.2. The topological polar surface area (TPSA) is 62.2 Å². The summed E-state index contributed by atoms with van der Waals surface area (Å²) >= 11 is 5.85. The number of hydrogen-bond donors (Lipinski definition) is 2. The molecular formula is C26H31N5OS. The fourth-order valence-electron chi connectivity index (χ4n) is 4.28. The quantitative estimate of drug-likeness (QED) is 0.472. The Kier molecular flexibility index (Phi) is 6.51. The maximum Gasteiger partial charge on any atom is 0.226 e. The number of aromatic nitrogens is 2. The Hall–Kier alpha value is -3.19. The average molecular weight is 462 g/mol. The predicted octanol–water partition coefficient (Wildman–Crippen LogP) is 5.54. The zero-order valence-corrected chi connectivity index (χ0v) is 20.6. The van der Waals surface area contributed by atoms with E-state index >= 15 is 0 Å². The first-order valence-electron chi connectivity index (χ1n) is 11.4. The maximum absolute atomic E-state index is 12.2. The molecule has 7 heteroatoms. The molecule has 1 aliphatic rings. The van der Waals surface area contributed by atoms with Crippen molar-refractivity contribution in [2.45, 2.75) is 52.7 Å². The van der Waals surface area contributed by atoms with E-state index in [1.165, 1.54) is 5.69 Å². The van der Waals surface area contributed by atoms with Crippen molar-refractivity contribution < 1.29 is 4.79 Å². The van der Waals surface area contributed by atoms with Gasteiger partial charge >= 0.3 is 0 Å². The molecule has 4 rings (SSSR count). The van der Waals surface area contributed by atoms with Crippen molar-refractivity contribution in [2.24, 2.45) is 5.92 Å². The Labute approximate surface area is 201 Å². The van der Waals surface area contributed by atoms with Crippen LogP contribution in [0.1, 0.15) is 62.8 Å². The first kappa shape index (κ1) is 23.0. The van der Waals surface area contributed by atoms with E-state index in [9.17, 15) is 4.79 Å². The molecule has 2 unspecified atom stereocenters. The van der Waals surface area contributed by atoms with Gasteiger partial charge in [0.25, 0.3) is 0 Å². The third kappa shape index (κ3) is 4.50. The minimum absolute atomic E-state index is 0.00654. The highest BCUT2D eigenvalue weighted by atomic mass is 32.1. The Morgan fingerprint density at radius 2 is 1.91 bits per heavy atom. The lowest BCUT2D eigenvalue weighted by Gasteiger charge is -2.30. The average Bonchev–Trinajstić information content (AvgIpc) is 3.40. The SMILES string of the molecule is Cc1cc(N2C(=S)NC(c3ccccn3)C2c2cccn2C(C)C)ccc1NC(=O)C(C)C. The Bertz CT molecular complexity index is 1150. The smallest absolute Gasteiger partial charge is 0.226 e. The second kappa shape index (κ2) is 9.35. The van der Waals surface area contributed by atoms with Gasteiger partial charge in [-0.15, -0.1) is 0 Å². The number of hydrogen-bond acceptors (Lipinski definition) is 3. The highest BCUT2D eigenvalue weighted by molar-refractivity contribution is 7.80. The van der Waals surface area contributed by atoms with Crippen LogP contribution in [0, 0.1) is 12.8 Å². The lowest BCUT2D eigenvalue weighted by Crippen LogP contribution is -2.30. The highest BCUT2D eigenvalue weighted by Gasteiger charge is 2.42. The Balaban J connectivity index is 1.77. The van der Waals surface area contributed by atoms with Gasteiger partial charge in [0.15, 0.2) is 5.11 Å². The van der Waals surface area contributed by atoms with Crippen LogP contribution in [-0.4, -0.2) is 20.6 Å². The van der Waals surface area contributed by atoms with Crippen LogP contribution in [0.25, 0.3) is 0 Å². The summed E-state index contributed by atoms with van der Waals surface area (Å²) in [5.74, 6) is -0.0705. The molecule has 6 nitrogen and oxygen atoms in total. The number of carbonyl (C=O) groups excluding carboxylic acids is 1. The zero-order valence-electron chi connectivity index (χ0n) is 19.7. The first-order chi connectivity index (χ1) is 15.8. The fraction of sp³-hybridized carbons (Fsp3) is 0.346. The van der Waals surface area contributed by atoms with Crippen LogP contribution in [0.3, 0.4) is 0 Å². The third-order valence-electron chi connectivity index (χ3n) is 6.04. The van der Waals surface area contributed by atoms with Crippen molar-refractivity contribution in [3.8, 4) is 0 Å². The van der Waals surface area contributed by atoms with E-state index in [0.717, 1.165) is 22.6 Å². The molecule has 0 radical (unpaired) electrons. The summed E-state index contributed by atoms with van der Waals surface area (Å²) in [7, 11) is 0. The first-order valence-corrected chi connectivity index (χ1v) is 11.8. The monoisotopic (exact) mass is 461 g/mol. The molecule has 2 aromatic heterocycles. The van der Waals surface area contributed by atoms with Crippen molar-refractivity contribution in [3.05, 3.63) is 77.9 Å². The van der Waals surface area contributed by atoms with Crippen LogP contribution in [0.15, 0.2) is 60.9 Å². The van der Waals surface area contributed by atoms with Gasteiger partial charge in [0, 0.05) is 41.4 Å². The maximum atomic E-state index is 12.2. The van der Waals surface area contributed by atoms with E-state index in [1.807, 2.05) is 57.3 Å². The molecule has 2 atom stereocenters. The molecule has 3 heterocycles. The standard InChI is InChI=1S/C26H31N5OS/c1-16(2)25(32)28-20-12-11-19(15-18(20)5)31-24(22-10-8-14-30(22)17(3)4)23(29-26(31)33)21-9-6-7-13-27-21/h6-17,23-24H,1-5H3,(H,28,32)(H,29,33). The molecular weight excluding hydrogens is 430 g/mol. The Morgan fingerprint density at radius 3 is 2.55 bits per heavy atom. The number of anilines is 2. The van der Waals surface area contributed by atoms with Crippen LogP contribution in [0.2, 0.25) is 0 Å². The third-order valence-corrected chi connectivity index (χ3v) is 6.35. The van der Waals surface area contributed by atoms with Gasteiger partial charge < -0.3 is 20.1 Å². The van der Waals surface area contributed by atoms with Crippen LogP contribution in [0.5, 0.6) is 0 Å². The zero-order chi connectivity index (χ0) is 23.7. The summed E-state index contributed by atoms with van der Waals surface area (Å²) in [4.78, 5) is 19.0.